The van der Waals surface area contributed by atoms with E-state index in [0.717, 1.165) is 12.0 Å². The lowest BCUT2D eigenvalue weighted by molar-refractivity contribution is 0.0982. The summed E-state index contributed by atoms with van der Waals surface area (Å²) in [4.78, 5) is 11.6. The van der Waals surface area contributed by atoms with Crippen molar-refractivity contribution >= 4 is 27.2 Å². The van der Waals surface area contributed by atoms with Crippen molar-refractivity contribution in [1.29, 1.82) is 0 Å². The minimum absolute atomic E-state index is 0.302. The summed E-state index contributed by atoms with van der Waals surface area (Å²) >= 11 is 1.74. The van der Waals surface area contributed by atoms with E-state index in [4.69, 9.17) is 0 Å². The number of Topliss-reactive ketones (excluding diaryl/α,β-unsaturated/α-hetero) is 1. The molecule has 1 aromatic heterocycles. The number of hydrogen-bond donors (Lipinski definition) is 0. The van der Waals surface area contributed by atoms with Gasteiger partial charge in [0.15, 0.2) is 5.78 Å². The Hall–Kier alpha value is -1.15. The second-order valence-electron chi connectivity index (χ2n) is 3.36. The van der Waals surface area contributed by atoms with Crippen molar-refractivity contribution < 1.29 is 4.79 Å². The van der Waals surface area contributed by atoms with Crippen molar-refractivity contribution in [2.24, 2.45) is 0 Å². The van der Waals surface area contributed by atoms with Gasteiger partial charge >= 0.3 is 0 Å². The third kappa shape index (κ3) is 0.893. The first-order valence-electron chi connectivity index (χ1n) is 4.38. The van der Waals surface area contributed by atoms with E-state index in [9.17, 15) is 4.79 Å². The van der Waals surface area contributed by atoms with Gasteiger partial charge in [-0.3, -0.25) is 4.79 Å². The molecule has 0 radical (unpaired) electrons. The van der Waals surface area contributed by atoms with Crippen LogP contribution < -0.4 is 0 Å². The number of thiophene rings is 1. The summed E-state index contributed by atoms with van der Waals surface area (Å²) < 4.78 is 1.25. The summed E-state index contributed by atoms with van der Waals surface area (Å²) in [7, 11) is 0. The van der Waals surface area contributed by atoms with Crippen molar-refractivity contribution in [2.75, 3.05) is 0 Å². The lowest BCUT2D eigenvalue weighted by atomic mass is 9.92. The average molecular weight is 188 g/mol. The molecular weight excluding hydrogens is 180 g/mol. The van der Waals surface area contributed by atoms with Crippen molar-refractivity contribution in [3.05, 3.63) is 34.7 Å². The largest absolute Gasteiger partial charge is 0.294 e. The van der Waals surface area contributed by atoms with E-state index in [1.54, 1.807) is 11.3 Å². The van der Waals surface area contributed by atoms with Crippen LogP contribution in [0.3, 0.4) is 0 Å². The van der Waals surface area contributed by atoms with E-state index < -0.39 is 0 Å². The molecule has 0 N–H and O–H groups in total. The van der Waals surface area contributed by atoms with Gasteiger partial charge < -0.3 is 0 Å². The van der Waals surface area contributed by atoms with Crippen LogP contribution in [-0.4, -0.2) is 5.78 Å². The van der Waals surface area contributed by atoms with Crippen molar-refractivity contribution in [3.8, 4) is 0 Å². The smallest absolute Gasteiger partial charge is 0.163 e. The molecule has 0 amide bonds. The van der Waals surface area contributed by atoms with Gasteiger partial charge in [-0.2, -0.15) is 0 Å². The van der Waals surface area contributed by atoms with Gasteiger partial charge in [0.25, 0.3) is 0 Å². The topological polar surface area (TPSA) is 17.1 Å². The number of carbonyl (C=O) groups excluding carboxylic acids is 1. The van der Waals surface area contributed by atoms with Crippen molar-refractivity contribution in [1.82, 2.24) is 0 Å². The monoisotopic (exact) mass is 188 g/mol. The van der Waals surface area contributed by atoms with Crippen LogP contribution in [0.25, 0.3) is 10.1 Å². The summed E-state index contributed by atoms with van der Waals surface area (Å²) in [5, 5.41) is 3.39. The Morgan fingerprint density at radius 2 is 2.15 bits per heavy atom. The van der Waals surface area contributed by atoms with Crippen LogP contribution in [0.4, 0.5) is 0 Å². The standard InChI is InChI=1S/C11H8OS/c12-9-5-4-7-6-13-10-3-1-2-8(9)11(7)10/h1-3,6H,4-5H2. The molecule has 0 unspecified atom stereocenters. The minimum Gasteiger partial charge on any atom is -0.294 e. The molecule has 2 heteroatoms. The predicted octanol–water partition coefficient (Wildman–Crippen LogP) is 3.03. The third-order valence-electron chi connectivity index (χ3n) is 2.60. The molecule has 2 aromatic rings. The second-order valence-corrected chi connectivity index (χ2v) is 4.27. The maximum Gasteiger partial charge on any atom is 0.163 e. The van der Waals surface area contributed by atoms with E-state index in [1.807, 2.05) is 12.1 Å². The van der Waals surface area contributed by atoms with Crippen molar-refractivity contribution in [2.45, 2.75) is 12.8 Å². The first kappa shape index (κ1) is 7.27. The van der Waals surface area contributed by atoms with E-state index >= 15 is 0 Å². The summed E-state index contributed by atoms with van der Waals surface area (Å²) in [6.07, 6.45) is 1.61. The first-order valence-corrected chi connectivity index (χ1v) is 5.26. The molecule has 0 bridgehead atoms. The maximum absolute atomic E-state index is 11.6. The quantitative estimate of drug-likeness (QED) is 0.621. The Labute approximate surface area is 80.0 Å². The summed E-state index contributed by atoms with van der Waals surface area (Å²) in [6, 6.07) is 6.01. The molecule has 13 heavy (non-hydrogen) atoms. The molecule has 0 aliphatic heterocycles. The number of ketones is 1. The number of rotatable bonds is 0. The van der Waals surface area contributed by atoms with Crippen LogP contribution in [0.2, 0.25) is 0 Å². The van der Waals surface area contributed by atoms with Crippen LogP contribution in [-0.2, 0) is 6.42 Å². The summed E-state index contributed by atoms with van der Waals surface area (Å²) in [5.41, 5.74) is 2.29. The molecule has 1 aliphatic carbocycles. The van der Waals surface area contributed by atoms with Gasteiger partial charge in [0.2, 0.25) is 0 Å². The molecule has 1 aliphatic rings. The first-order chi connectivity index (χ1) is 6.36. The Morgan fingerprint density at radius 1 is 1.23 bits per heavy atom. The Morgan fingerprint density at radius 3 is 3.08 bits per heavy atom. The van der Waals surface area contributed by atoms with Gasteiger partial charge in [0, 0.05) is 22.1 Å². The molecule has 1 heterocycles. The number of carbonyl (C=O) groups is 1. The normalized spacial score (nSPS) is 15.2. The highest BCUT2D eigenvalue weighted by Gasteiger charge is 2.19. The molecule has 1 aromatic carbocycles. The van der Waals surface area contributed by atoms with Gasteiger partial charge in [0.05, 0.1) is 0 Å². The fraction of sp³-hybridized carbons (Fsp3) is 0.182. The Balaban J connectivity index is 2.52. The highest BCUT2D eigenvalue weighted by molar-refractivity contribution is 7.17. The zero-order valence-electron chi connectivity index (χ0n) is 7.04. The summed E-state index contributed by atoms with van der Waals surface area (Å²) in [5.74, 6) is 0.302. The lowest BCUT2D eigenvalue weighted by Crippen LogP contribution is -2.07. The van der Waals surface area contributed by atoms with Crippen molar-refractivity contribution in [3.63, 3.8) is 0 Å². The van der Waals surface area contributed by atoms with Gasteiger partial charge in [0.1, 0.15) is 0 Å². The molecule has 0 fully saturated rings. The fourth-order valence-electron chi connectivity index (χ4n) is 1.95. The number of hydrogen-bond acceptors (Lipinski definition) is 2. The SMILES string of the molecule is O=C1CCc2csc3cccc1c23. The van der Waals surface area contributed by atoms with E-state index in [1.165, 1.54) is 15.6 Å². The highest BCUT2D eigenvalue weighted by atomic mass is 32.1. The zero-order valence-corrected chi connectivity index (χ0v) is 7.86. The maximum atomic E-state index is 11.6. The molecule has 1 nitrogen and oxygen atoms in total. The predicted molar refractivity (Wildman–Crippen MR) is 54.5 cm³/mol. The minimum atomic E-state index is 0.302. The highest BCUT2D eigenvalue weighted by Crippen LogP contribution is 2.33. The Bertz CT molecular complexity index is 496. The van der Waals surface area contributed by atoms with Crippen LogP contribution in [0.1, 0.15) is 22.3 Å². The van der Waals surface area contributed by atoms with Gasteiger partial charge in [-0.1, -0.05) is 12.1 Å². The zero-order chi connectivity index (χ0) is 8.84. The van der Waals surface area contributed by atoms with E-state index in [0.29, 0.717) is 12.2 Å². The van der Waals surface area contributed by atoms with Crippen LogP contribution >= 0.6 is 11.3 Å². The van der Waals surface area contributed by atoms with Crippen LogP contribution in [0, 0.1) is 0 Å². The average Bonchev–Trinajstić information content (AvgIpc) is 2.57. The molecule has 0 atom stereocenters. The van der Waals surface area contributed by atoms with E-state index in [2.05, 4.69) is 11.4 Å². The van der Waals surface area contributed by atoms with Crippen LogP contribution in [0.5, 0.6) is 0 Å². The molecular formula is C11H8OS. The summed E-state index contributed by atoms with van der Waals surface area (Å²) in [6.45, 7) is 0. The number of aryl methyl sites for hydroxylation is 1. The van der Waals surface area contributed by atoms with E-state index in [-0.39, 0.29) is 0 Å². The number of benzene rings is 1. The second kappa shape index (κ2) is 2.42. The van der Waals surface area contributed by atoms with Gasteiger partial charge in [-0.15, -0.1) is 11.3 Å². The molecule has 3 rings (SSSR count). The molecule has 0 spiro atoms. The molecule has 64 valence electrons. The third-order valence-corrected chi connectivity index (χ3v) is 3.59. The molecule has 0 saturated heterocycles. The Kier molecular flexibility index (Phi) is 1.35. The molecule has 0 saturated carbocycles. The van der Waals surface area contributed by atoms with Gasteiger partial charge in [-0.05, 0) is 23.4 Å². The van der Waals surface area contributed by atoms with Gasteiger partial charge in [-0.25, -0.2) is 0 Å². The van der Waals surface area contributed by atoms with Crippen LogP contribution in [0.15, 0.2) is 23.6 Å². The lowest BCUT2D eigenvalue weighted by Gasteiger charge is -2.10. The fourth-order valence-corrected chi connectivity index (χ4v) is 2.97.